The van der Waals surface area contributed by atoms with E-state index in [9.17, 15) is 23.7 Å². The Morgan fingerprint density at radius 3 is 2.52 bits per heavy atom. The number of rotatable bonds is 3. The third-order valence-electron chi connectivity index (χ3n) is 2.85. The molecule has 0 saturated carbocycles. The summed E-state index contributed by atoms with van der Waals surface area (Å²) in [6.45, 7) is 1.43. The molecule has 3 N–H and O–H groups in total. The molecule has 1 aromatic carbocycles. The number of nitrogens with zero attached hydrogens (tertiary/aromatic N) is 1. The maximum atomic E-state index is 14.1. The number of nitrogens with two attached hydrogens (primary N) is 1. The third-order valence-corrected chi connectivity index (χ3v) is 4.18. The van der Waals surface area contributed by atoms with Gasteiger partial charge in [-0.3, -0.25) is 10.1 Å². The van der Waals surface area contributed by atoms with E-state index in [4.69, 9.17) is 10.8 Å². The quantitative estimate of drug-likeness (QED) is 0.668. The second-order valence-corrected chi connectivity index (χ2v) is 5.17. The average Bonchev–Trinajstić information content (AvgIpc) is 2.69. The summed E-state index contributed by atoms with van der Waals surface area (Å²) in [5.74, 6) is -3.54. The lowest BCUT2D eigenvalue weighted by Gasteiger charge is -2.03. The summed E-state index contributed by atoms with van der Waals surface area (Å²) in [5.41, 5.74) is 4.36. The molecule has 1 aromatic heterocycles. The van der Waals surface area contributed by atoms with E-state index in [-0.39, 0.29) is 26.6 Å². The van der Waals surface area contributed by atoms with Gasteiger partial charge in [0.2, 0.25) is 5.82 Å². The molecule has 0 amide bonds. The van der Waals surface area contributed by atoms with Gasteiger partial charge in [0.05, 0.1) is 16.7 Å². The van der Waals surface area contributed by atoms with Crippen LogP contribution >= 0.6 is 11.3 Å². The highest BCUT2D eigenvalue weighted by atomic mass is 32.1. The Bertz CT molecular complexity index is 773. The lowest BCUT2D eigenvalue weighted by atomic mass is 10.1. The van der Waals surface area contributed by atoms with Crippen LogP contribution in [0, 0.1) is 28.7 Å². The normalized spacial score (nSPS) is 10.6. The van der Waals surface area contributed by atoms with Crippen molar-refractivity contribution in [3.8, 4) is 10.4 Å². The Morgan fingerprint density at radius 2 is 2.05 bits per heavy atom. The van der Waals surface area contributed by atoms with E-state index in [0.29, 0.717) is 17.4 Å². The average molecular weight is 314 g/mol. The van der Waals surface area contributed by atoms with Crippen LogP contribution in [-0.4, -0.2) is 16.0 Å². The summed E-state index contributed by atoms with van der Waals surface area (Å²) in [5, 5.41) is 19.7. The fraction of sp³-hybridized carbons (Fsp3) is 0.0833. The van der Waals surface area contributed by atoms with Crippen LogP contribution in [0.25, 0.3) is 10.4 Å². The number of carboxylic acids is 1. The smallest absolute Gasteiger partial charge is 0.348 e. The Kier molecular flexibility index (Phi) is 3.60. The molecule has 1 heterocycles. The van der Waals surface area contributed by atoms with Crippen LogP contribution in [0.15, 0.2) is 12.1 Å². The molecule has 0 aliphatic carbocycles. The lowest BCUT2D eigenvalue weighted by molar-refractivity contribution is -0.387. The van der Waals surface area contributed by atoms with Gasteiger partial charge in [0.25, 0.3) is 0 Å². The number of hydrogen-bond donors (Lipinski definition) is 2. The summed E-state index contributed by atoms with van der Waals surface area (Å²) in [4.78, 5) is 20.5. The number of thiophene rings is 1. The van der Waals surface area contributed by atoms with E-state index in [2.05, 4.69) is 0 Å². The van der Waals surface area contributed by atoms with Crippen molar-refractivity contribution in [2.24, 2.45) is 0 Å². The molecule has 0 bridgehead atoms. The Hall–Kier alpha value is -2.55. The zero-order valence-corrected chi connectivity index (χ0v) is 11.3. The first-order chi connectivity index (χ1) is 9.73. The van der Waals surface area contributed by atoms with Crippen LogP contribution in [0.5, 0.6) is 0 Å². The van der Waals surface area contributed by atoms with Gasteiger partial charge in [0, 0.05) is 10.4 Å². The minimum absolute atomic E-state index is 0.0463. The Labute approximate surface area is 120 Å². The SMILES string of the molecule is Cc1c(-c2cc(F)cc([N+](=O)[O-])c2F)sc(C(=O)O)c1N. The van der Waals surface area contributed by atoms with Gasteiger partial charge in [-0.05, 0) is 18.6 Å². The van der Waals surface area contributed by atoms with Gasteiger partial charge < -0.3 is 10.8 Å². The van der Waals surface area contributed by atoms with Crippen LogP contribution in [0.2, 0.25) is 0 Å². The number of carbonyl (C=O) groups is 1. The molecule has 0 saturated heterocycles. The summed E-state index contributed by atoms with van der Waals surface area (Å²) >= 11 is 0.637. The first-order valence-electron chi connectivity index (χ1n) is 5.50. The van der Waals surface area contributed by atoms with Gasteiger partial charge >= 0.3 is 11.7 Å². The molecule has 21 heavy (non-hydrogen) atoms. The van der Waals surface area contributed by atoms with Gasteiger partial charge in [0.15, 0.2) is 0 Å². The molecular weight excluding hydrogens is 306 g/mol. The fourth-order valence-corrected chi connectivity index (χ4v) is 2.89. The summed E-state index contributed by atoms with van der Waals surface area (Å²) < 4.78 is 27.6. The van der Waals surface area contributed by atoms with E-state index >= 15 is 0 Å². The van der Waals surface area contributed by atoms with Crippen LogP contribution in [-0.2, 0) is 0 Å². The maximum Gasteiger partial charge on any atom is 0.348 e. The van der Waals surface area contributed by atoms with Crippen molar-refractivity contribution in [1.29, 1.82) is 0 Å². The molecule has 0 fully saturated rings. The van der Waals surface area contributed by atoms with Gasteiger partial charge in [-0.1, -0.05) is 0 Å². The fourth-order valence-electron chi connectivity index (χ4n) is 1.81. The Morgan fingerprint density at radius 1 is 1.43 bits per heavy atom. The number of aromatic carboxylic acids is 1. The van der Waals surface area contributed by atoms with E-state index in [1.807, 2.05) is 0 Å². The largest absolute Gasteiger partial charge is 0.477 e. The highest BCUT2D eigenvalue weighted by molar-refractivity contribution is 7.18. The molecule has 0 unspecified atom stereocenters. The number of halogens is 2. The molecule has 0 radical (unpaired) electrons. The molecule has 110 valence electrons. The maximum absolute atomic E-state index is 14.1. The van der Waals surface area contributed by atoms with Crippen molar-refractivity contribution in [3.05, 3.63) is 44.3 Å². The predicted octanol–water partition coefficient (Wildman–Crippen LogP) is 3.19. The molecular formula is C12H8F2N2O4S. The van der Waals surface area contributed by atoms with Crippen LogP contribution in [0.1, 0.15) is 15.2 Å². The minimum atomic E-state index is -1.31. The van der Waals surface area contributed by atoms with E-state index in [1.54, 1.807) is 0 Å². The van der Waals surface area contributed by atoms with Crippen LogP contribution in [0.3, 0.4) is 0 Å². The number of carboxylic acid groups (broad SMARTS) is 1. The van der Waals surface area contributed by atoms with Gasteiger partial charge in [0.1, 0.15) is 10.7 Å². The third kappa shape index (κ3) is 2.42. The van der Waals surface area contributed by atoms with E-state index in [1.165, 1.54) is 6.92 Å². The minimum Gasteiger partial charge on any atom is -0.477 e. The first-order valence-corrected chi connectivity index (χ1v) is 6.31. The number of hydrogen-bond acceptors (Lipinski definition) is 5. The molecule has 2 aromatic rings. The molecule has 6 nitrogen and oxygen atoms in total. The molecule has 0 aliphatic rings. The summed E-state index contributed by atoms with van der Waals surface area (Å²) in [6, 6.07) is 1.23. The standard InChI is InChI=1S/C12H8F2N2O4S/c1-4-9(15)11(12(17)18)21-10(4)6-2-5(13)3-7(8(6)14)16(19)20/h2-3H,15H2,1H3,(H,17,18). The van der Waals surface area contributed by atoms with Gasteiger partial charge in [-0.25, -0.2) is 9.18 Å². The highest BCUT2D eigenvalue weighted by Crippen LogP contribution is 2.41. The van der Waals surface area contributed by atoms with Crippen molar-refractivity contribution >= 4 is 28.7 Å². The second kappa shape index (κ2) is 5.09. The number of nitro benzene ring substituents is 1. The predicted molar refractivity (Wildman–Crippen MR) is 72.4 cm³/mol. The highest BCUT2D eigenvalue weighted by Gasteiger charge is 2.26. The second-order valence-electron chi connectivity index (χ2n) is 4.15. The number of nitro groups is 1. The van der Waals surface area contributed by atoms with Crippen LogP contribution < -0.4 is 5.73 Å². The van der Waals surface area contributed by atoms with Crippen molar-refractivity contribution < 1.29 is 23.6 Å². The van der Waals surface area contributed by atoms with Crippen LogP contribution in [0.4, 0.5) is 20.2 Å². The number of benzene rings is 1. The molecule has 0 atom stereocenters. The lowest BCUT2D eigenvalue weighted by Crippen LogP contribution is -1.98. The van der Waals surface area contributed by atoms with Crippen molar-refractivity contribution in [3.63, 3.8) is 0 Å². The Balaban J connectivity index is 2.76. The van der Waals surface area contributed by atoms with E-state index in [0.717, 1.165) is 6.07 Å². The van der Waals surface area contributed by atoms with Crippen molar-refractivity contribution in [2.45, 2.75) is 6.92 Å². The molecule has 2 rings (SSSR count). The summed E-state index contributed by atoms with van der Waals surface area (Å²) in [7, 11) is 0. The first kappa shape index (κ1) is 14.9. The molecule has 9 heteroatoms. The summed E-state index contributed by atoms with van der Waals surface area (Å²) in [6.07, 6.45) is 0. The molecule has 0 spiro atoms. The van der Waals surface area contributed by atoms with Crippen molar-refractivity contribution in [1.82, 2.24) is 0 Å². The zero-order chi connectivity index (χ0) is 15.9. The number of anilines is 1. The monoisotopic (exact) mass is 314 g/mol. The molecule has 0 aliphatic heterocycles. The zero-order valence-electron chi connectivity index (χ0n) is 10.5. The van der Waals surface area contributed by atoms with Gasteiger partial charge in [-0.15, -0.1) is 11.3 Å². The van der Waals surface area contributed by atoms with E-state index < -0.39 is 28.2 Å². The number of nitrogen functional groups attached to an aromatic ring is 1. The van der Waals surface area contributed by atoms with Crippen molar-refractivity contribution in [2.75, 3.05) is 5.73 Å². The van der Waals surface area contributed by atoms with Gasteiger partial charge in [-0.2, -0.15) is 4.39 Å². The topological polar surface area (TPSA) is 106 Å².